The first-order valence-corrected chi connectivity index (χ1v) is 7.53. The van der Waals surface area contributed by atoms with E-state index in [0.717, 1.165) is 17.7 Å². The fourth-order valence-electron chi connectivity index (χ4n) is 2.04. The zero-order valence-electron chi connectivity index (χ0n) is 12.6. The van der Waals surface area contributed by atoms with Gasteiger partial charge in [-0.15, -0.1) is 0 Å². The molecule has 0 heterocycles. The van der Waals surface area contributed by atoms with Crippen LogP contribution in [0.15, 0.2) is 48.5 Å². The number of carbonyl (C=O) groups is 1. The fraction of sp³-hybridized carbons (Fsp3) is 0.176. The third kappa shape index (κ3) is 4.30. The maximum atomic E-state index is 12.1. The van der Waals surface area contributed by atoms with Gasteiger partial charge >= 0.3 is 0 Å². The van der Waals surface area contributed by atoms with E-state index in [2.05, 4.69) is 29.2 Å². The molecule has 2 aromatic carbocycles. The molecule has 114 valence electrons. The second kappa shape index (κ2) is 7.56. The summed E-state index contributed by atoms with van der Waals surface area (Å²) in [5.41, 5.74) is 8.95. The third-order valence-electron chi connectivity index (χ3n) is 3.27. The van der Waals surface area contributed by atoms with Crippen LogP contribution < -0.4 is 16.2 Å². The number of rotatable bonds is 3. The number of carbonyl (C=O) groups excluding carboxylic acids is 1. The Morgan fingerprint density at radius 2 is 1.86 bits per heavy atom. The van der Waals surface area contributed by atoms with Gasteiger partial charge in [0.15, 0.2) is 5.11 Å². The Morgan fingerprint density at radius 1 is 1.09 bits per heavy atom. The highest BCUT2D eigenvalue weighted by atomic mass is 32.1. The van der Waals surface area contributed by atoms with Crippen molar-refractivity contribution in [1.29, 1.82) is 0 Å². The van der Waals surface area contributed by atoms with Crippen LogP contribution in [0, 0.1) is 6.92 Å². The highest BCUT2D eigenvalue weighted by Crippen LogP contribution is 2.10. The SMILES string of the molecule is CCc1cccc(NC(=S)NNC(=O)c2ccccc2C)c1. The number of nitrogens with one attached hydrogen (secondary N) is 3. The van der Waals surface area contributed by atoms with Crippen LogP contribution in [0.2, 0.25) is 0 Å². The molecule has 0 aliphatic carbocycles. The Kier molecular flexibility index (Phi) is 5.49. The van der Waals surface area contributed by atoms with Crippen molar-refractivity contribution in [2.45, 2.75) is 20.3 Å². The highest BCUT2D eigenvalue weighted by molar-refractivity contribution is 7.80. The van der Waals surface area contributed by atoms with Crippen LogP contribution >= 0.6 is 12.2 Å². The Labute approximate surface area is 135 Å². The van der Waals surface area contributed by atoms with Gasteiger partial charge in [-0.05, 0) is 54.9 Å². The predicted octanol–water partition coefficient (Wildman–Crippen LogP) is 3.19. The lowest BCUT2D eigenvalue weighted by Crippen LogP contribution is -2.43. The first kappa shape index (κ1) is 16.0. The molecule has 0 unspecified atom stereocenters. The van der Waals surface area contributed by atoms with E-state index in [-0.39, 0.29) is 5.91 Å². The number of benzene rings is 2. The first-order valence-electron chi connectivity index (χ1n) is 7.12. The average molecular weight is 313 g/mol. The van der Waals surface area contributed by atoms with Gasteiger partial charge < -0.3 is 5.32 Å². The second-order valence-electron chi connectivity index (χ2n) is 4.90. The summed E-state index contributed by atoms with van der Waals surface area (Å²) in [5, 5.41) is 3.39. The van der Waals surface area contributed by atoms with Gasteiger partial charge in [-0.3, -0.25) is 15.6 Å². The molecule has 1 amide bonds. The number of hydrogen-bond donors (Lipinski definition) is 3. The third-order valence-corrected chi connectivity index (χ3v) is 3.48. The number of aryl methyl sites for hydroxylation is 2. The summed E-state index contributed by atoms with van der Waals surface area (Å²) >= 11 is 5.18. The molecule has 0 bridgehead atoms. The van der Waals surface area contributed by atoms with Gasteiger partial charge in [-0.1, -0.05) is 37.3 Å². The van der Waals surface area contributed by atoms with Crippen molar-refractivity contribution < 1.29 is 4.79 Å². The van der Waals surface area contributed by atoms with Crippen LogP contribution in [0.5, 0.6) is 0 Å². The van der Waals surface area contributed by atoms with Crippen molar-refractivity contribution in [3.8, 4) is 0 Å². The molecule has 22 heavy (non-hydrogen) atoms. The normalized spacial score (nSPS) is 9.91. The molecule has 0 atom stereocenters. The molecule has 0 radical (unpaired) electrons. The minimum absolute atomic E-state index is 0.218. The second-order valence-corrected chi connectivity index (χ2v) is 5.31. The van der Waals surface area contributed by atoms with E-state index in [1.54, 1.807) is 6.07 Å². The van der Waals surface area contributed by atoms with Gasteiger partial charge in [0.05, 0.1) is 0 Å². The Hall–Kier alpha value is -2.40. The molecule has 4 nitrogen and oxygen atoms in total. The van der Waals surface area contributed by atoms with E-state index in [0.29, 0.717) is 10.7 Å². The maximum absolute atomic E-state index is 12.1. The summed E-state index contributed by atoms with van der Waals surface area (Å²) in [6, 6.07) is 15.4. The Morgan fingerprint density at radius 3 is 2.59 bits per heavy atom. The number of thiocarbonyl (C=S) groups is 1. The van der Waals surface area contributed by atoms with E-state index in [1.165, 1.54) is 5.56 Å². The molecule has 0 saturated carbocycles. The van der Waals surface area contributed by atoms with Crippen LogP contribution in [0.4, 0.5) is 5.69 Å². The van der Waals surface area contributed by atoms with E-state index < -0.39 is 0 Å². The van der Waals surface area contributed by atoms with E-state index in [1.807, 2.05) is 43.3 Å². The molecule has 5 heteroatoms. The van der Waals surface area contributed by atoms with Gasteiger partial charge in [-0.2, -0.15) is 0 Å². The van der Waals surface area contributed by atoms with Crippen molar-refractivity contribution in [3.63, 3.8) is 0 Å². The molecule has 0 aliphatic rings. The van der Waals surface area contributed by atoms with Crippen LogP contribution in [-0.2, 0) is 6.42 Å². The lowest BCUT2D eigenvalue weighted by Gasteiger charge is -2.13. The van der Waals surface area contributed by atoms with Crippen molar-refractivity contribution in [2.24, 2.45) is 0 Å². The summed E-state index contributed by atoms with van der Waals surface area (Å²) in [5.74, 6) is -0.218. The summed E-state index contributed by atoms with van der Waals surface area (Å²) in [6.45, 7) is 3.99. The average Bonchev–Trinajstić information content (AvgIpc) is 2.53. The summed E-state index contributed by atoms with van der Waals surface area (Å²) in [4.78, 5) is 12.1. The van der Waals surface area contributed by atoms with Crippen molar-refractivity contribution in [3.05, 3.63) is 65.2 Å². The zero-order chi connectivity index (χ0) is 15.9. The van der Waals surface area contributed by atoms with E-state index >= 15 is 0 Å². The Balaban J connectivity index is 1.90. The zero-order valence-corrected chi connectivity index (χ0v) is 13.5. The monoisotopic (exact) mass is 313 g/mol. The topological polar surface area (TPSA) is 53.2 Å². The predicted molar refractivity (Wildman–Crippen MR) is 93.8 cm³/mol. The van der Waals surface area contributed by atoms with Crippen LogP contribution in [0.25, 0.3) is 0 Å². The fourth-order valence-corrected chi connectivity index (χ4v) is 2.21. The van der Waals surface area contributed by atoms with Gasteiger partial charge in [0.25, 0.3) is 5.91 Å². The molecule has 0 aromatic heterocycles. The first-order chi connectivity index (χ1) is 10.6. The summed E-state index contributed by atoms with van der Waals surface area (Å²) in [7, 11) is 0. The molecule has 0 saturated heterocycles. The lowest BCUT2D eigenvalue weighted by molar-refractivity contribution is 0.0943. The number of hydrazine groups is 1. The Bertz CT molecular complexity index is 685. The minimum atomic E-state index is -0.218. The molecular weight excluding hydrogens is 294 g/mol. The van der Waals surface area contributed by atoms with Crippen LogP contribution in [0.3, 0.4) is 0 Å². The quantitative estimate of drug-likeness (QED) is 0.602. The van der Waals surface area contributed by atoms with Crippen molar-refractivity contribution >= 4 is 28.9 Å². The maximum Gasteiger partial charge on any atom is 0.269 e. The van der Waals surface area contributed by atoms with E-state index in [4.69, 9.17) is 12.2 Å². The summed E-state index contributed by atoms with van der Waals surface area (Å²) < 4.78 is 0. The van der Waals surface area contributed by atoms with Crippen molar-refractivity contribution in [1.82, 2.24) is 10.9 Å². The number of amides is 1. The lowest BCUT2D eigenvalue weighted by atomic mass is 10.1. The van der Waals surface area contributed by atoms with Gasteiger partial charge in [0.2, 0.25) is 0 Å². The van der Waals surface area contributed by atoms with Gasteiger partial charge in [0, 0.05) is 11.3 Å². The van der Waals surface area contributed by atoms with Crippen LogP contribution in [-0.4, -0.2) is 11.0 Å². The molecule has 0 aliphatic heterocycles. The smallest absolute Gasteiger partial charge is 0.269 e. The van der Waals surface area contributed by atoms with Gasteiger partial charge in [0.1, 0.15) is 0 Å². The molecule has 0 spiro atoms. The van der Waals surface area contributed by atoms with Crippen molar-refractivity contribution in [2.75, 3.05) is 5.32 Å². The molecule has 0 fully saturated rings. The van der Waals surface area contributed by atoms with Crippen LogP contribution in [0.1, 0.15) is 28.4 Å². The minimum Gasteiger partial charge on any atom is -0.331 e. The highest BCUT2D eigenvalue weighted by Gasteiger charge is 2.08. The molecule has 3 N–H and O–H groups in total. The largest absolute Gasteiger partial charge is 0.331 e. The van der Waals surface area contributed by atoms with Gasteiger partial charge in [-0.25, -0.2) is 0 Å². The number of hydrogen-bond acceptors (Lipinski definition) is 2. The van der Waals surface area contributed by atoms with E-state index in [9.17, 15) is 4.79 Å². The molecule has 2 rings (SSSR count). The number of anilines is 1. The molecular formula is C17H19N3OS. The molecule has 2 aromatic rings. The summed E-state index contributed by atoms with van der Waals surface area (Å²) in [6.07, 6.45) is 0.958. The standard InChI is InChI=1S/C17H19N3OS/c1-3-13-8-6-9-14(11-13)18-17(22)20-19-16(21)15-10-5-4-7-12(15)2/h4-11H,3H2,1-2H3,(H,19,21)(H2,18,20,22).